The molecule has 0 bridgehead atoms. The van der Waals surface area contributed by atoms with Gasteiger partial charge in [-0.2, -0.15) is 0 Å². The van der Waals surface area contributed by atoms with E-state index in [2.05, 4.69) is 9.97 Å². The van der Waals surface area contributed by atoms with Crippen molar-refractivity contribution in [2.75, 3.05) is 6.61 Å². The van der Waals surface area contributed by atoms with Gasteiger partial charge in [-0.15, -0.1) is 11.6 Å². The van der Waals surface area contributed by atoms with Crippen LogP contribution in [0.15, 0.2) is 12.3 Å². The molecule has 5 heteroatoms. The highest BCUT2D eigenvalue weighted by Crippen LogP contribution is 2.00. The van der Waals surface area contributed by atoms with Crippen molar-refractivity contribution in [1.82, 2.24) is 9.97 Å². The van der Waals surface area contributed by atoms with Gasteiger partial charge in [-0.3, -0.25) is 0 Å². The van der Waals surface area contributed by atoms with Crippen LogP contribution in [0.4, 0.5) is 0 Å². The number of halogens is 1. The van der Waals surface area contributed by atoms with Gasteiger partial charge in [-0.1, -0.05) is 0 Å². The van der Waals surface area contributed by atoms with Crippen molar-refractivity contribution in [3.63, 3.8) is 0 Å². The van der Waals surface area contributed by atoms with E-state index in [4.69, 9.17) is 16.3 Å². The minimum Gasteiger partial charge on any atom is -0.461 e. The summed E-state index contributed by atoms with van der Waals surface area (Å²) in [5.74, 6) is 0.163. The van der Waals surface area contributed by atoms with Crippen LogP contribution in [0.3, 0.4) is 0 Å². The summed E-state index contributed by atoms with van der Waals surface area (Å²) < 4.78 is 4.76. The quantitative estimate of drug-likeness (QED) is 0.547. The van der Waals surface area contributed by atoms with Gasteiger partial charge in [0.05, 0.1) is 12.5 Å². The maximum absolute atomic E-state index is 11.2. The molecule has 0 aromatic carbocycles. The number of nitrogens with zero attached hydrogens (tertiary/aromatic N) is 2. The van der Waals surface area contributed by atoms with E-state index >= 15 is 0 Å². The van der Waals surface area contributed by atoms with Crippen molar-refractivity contribution >= 4 is 17.6 Å². The third kappa shape index (κ3) is 2.66. The Morgan fingerprint density at radius 3 is 3.08 bits per heavy atom. The van der Waals surface area contributed by atoms with E-state index in [1.807, 2.05) is 0 Å². The van der Waals surface area contributed by atoms with E-state index in [0.29, 0.717) is 12.4 Å². The van der Waals surface area contributed by atoms with Gasteiger partial charge in [-0.05, 0) is 13.0 Å². The highest BCUT2D eigenvalue weighted by Gasteiger charge is 2.08. The molecule has 1 rings (SSSR count). The van der Waals surface area contributed by atoms with E-state index in [-0.39, 0.29) is 11.6 Å². The van der Waals surface area contributed by atoms with Crippen molar-refractivity contribution in [2.24, 2.45) is 0 Å². The van der Waals surface area contributed by atoms with Gasteiger partial charge < -0.3 is 4.74 Å². The lowest BCUT2D eigenvalue weighted by Crippen LogP contribution is -2.08. The molecule has 4 nitrogen and oxygen atoms in total. The van der Waals surface area contributed by atoms with Crippen LogP contribution in [-0.4, -0.2) is 22.5 Å². The molecule has 0 saturated carbocycles. The van der Waals surface area contributed by atoms with Crippen molar-refractivity contribution < 1.29 is 9.53 Å². The number of alkyl halides is 1. The predicted molar refractivity (Wildman–Crippen MR) is 47.5 cm³/mol. The molecule has 13 heavy (non-hydrogen) atoms. The summed E-state index contributed by atoms with van der Waals surface area (Å²) in [6.07, 6.45) is 1.48. The minimum absolute atomic E-state index is 0.188. The standard InChI is InChI=1S/C8H9ClN2O2/c1-2-13-8(12)6-3-4-10-7(5-9)11-6/h3-4H,2,5H2,1H3. The third-order valence-electron chi connectivity index (χ3n) is 1.31. The summed E-state index contributed by atoms with van der Waals surface area (Å²) in [5, 5.41) is 0. The molecule has 0 aliphatic rings. The molecule has 0 fully saturated rings. The predicted octanol–water partition coefficient (Wildman–Crippen LogP) is 1.39. The molecular weight excluding hydrogens is 192 g/mol. The fraction of sp³-hybridized carbons (Fsp3) is 0.375. The molecule has 1 heterocycles. The molecule has 0 aliphatic carbocycles. The molecule has 1 aromatic rings. The molecule has 0 N–H and O–H groups in total. The first-order chi connectivity index (χ1) is 6.27. The number of ether oxygens (including phenoxy) is 1. The van der Waals surface area contributed by atoms with E-state index in [1.165, 1.54) is 12.3 Å². The maximum atomic E-state index is 11.2. The van der Waals surface area contributed by atoms with Crippen LogP contribution in [0.25, 0.3) is 0 Å². The molecule has 0 atom stereocenters. The van der Waals surface area contributed by atoms with Gasteiger partial charge in [0.1, 0.15) is 5.82 Å². The second kappa shape index (κ2) is 4.77. The number of carbonyl (C=O) groups is 1. The van der Waals surface area contributed by atoms with Gasteiger partial charge in [0.2, 0.25) is 0 Å². The fourth-order valence-electron chi connectivity index (χ4n) is 0.782. The average molecular weight is 201 g/mol. The first-order valence-electron chi connectivity index (χ1n) is 3.83. The van der Waals surface area contributed by atoms with Crippen LogP contribution in [-0.2, 0) is 10.6 Å². The largest absolute Gasteiger partial charge is 0.461 e. The van der Waals surface area contributed by atoms with Crippen LogP contribution in [0, 0.1) is 0 Å². The molecular formula is C8H9ClN2O2. The lowest BCUT2D eigenvalue weighted by molar-refractivity contribution is 0.0519. The second-order valence-corrected chi connectivity index (χ2v) is 2.48. The van der Waals surface area contributed by atoms with Gasteiger partial charge in [-0.25, -0.2) is 14.8 Å². The molecule has 0 aliphatic heterocycles. The SMILES string of the molecule is CCOC(=O)c1ccnc(CCl)n1. The number of hydrogen-bond acceptors (Lipinski definition) is 4. The van der Waals surface area contributed by atoms with Gasteiger partial charge >= 0.3 is 5.97 Å². The highest BCUT2D eigenvalue weighted by molar-refractivity contribution is 6.16. The summed E-state index contributed by atoms with van der Waals surface area (Å²) >= 11 is 5.50. The molecule has 0 spiro atoms. The van der Waals surface area contributed by atoms with Gasteiger partial charge in [0, 0.05) is 6.20 Å². The monoisotopic (exact) mass is 200 g/mol. The Morgan fingerprint density at radius 2 is 2.46 bits per heavy atom. The molecule has 1 aromatic heterocycles. The Labute approximate surface area is 80.9 Å². The minimum atomic E-state index is -0.448. The van der Waals surface area contributed by atoms with Crippen LogP contribution in [0.5, 0.6) is 0 Å². The number of rotatable bonds is 3. The van der Waals surface area contributed by atoms with Crippen LogP contribution in [0.1, 0.15) is 23.2 Å². The van der Waals surface area contributed by atoms with Crippen molar-refractivity contribution in [3.05, 3.63) is 23.8 Å². The normalized spacial score (nSPS) is 9.69. The Kier molecular flexibility index (Phi) is 3.64. The van der Waals surface area contributed by atoms with Crippen LogP contribution < -0.4 is 0 Å². The van der Waals surface area contributed by atoms with Gasteiger partial charge in [0.25, 0.3) is 0 Å². The van der Waals surface area contributed by atoms with E-state index in [0.717, 1.165) is 0 Å². The Bertz CT molecular complexity index is 304. The zero-order valence-corrected chi connectivity index (χ0v) is 7.91. The van der Waals surface area contributed by atoms with E-state index < -0.39 is 5.97 Å². The van der Waals surface area contributed by atoms with Crippen molar-refractivity contribution in [3.8, 4) is 0 Å². The summed E-state index contributed by atoms with van der Waals surface area (Å²) in [7, 11) is 0. The van der Waals surface area contributed by atoms with Gasteiger partial charge in [0.15, 0.2) is 5.69 Å². The Hall–Kier alpha value is -1.16. The average Bonchev–Trinajstić information content (AvgIpc) is 2.18. The second-order valence-electron chi connectivity index (χ2n) is 2.21. The maximum Gasteiger partial charge on any atom is 0.357 e. The number of hydrogen-bond donors (Lipinski definition) is 0. The summed E-state index contributed by atoms with van der Waals surface area (Å²) in [6, 6.07) is 1.49. The number of carbonyl (C=O) groups excluding carboxylic acids is 1. The molecule has 0 radical (unpaired) electrons. The van der Waals surface area contributed by atoms with Crippen molar-refractivity contribution in [2.45, 2.75) is 12.8 Å². The summed E-state index contributed by atoms with van der Waals surface area (Å²) in [4.78, 5) is 18.9. The molecule has 0 saturated heterocycles. The number of esters is 1. The van der Waals surface area contributed by atoms with E-state index in [9.17, 15) is 4.79 Å². The topological polar surface area (TPSA) is 52.1 Å². The summed E-state index contributed by atoms with van der Waals surface area (Å²) in [6.45, 7) is 2.07. The zero-order valence-electron chi connectivity index (χ0n) is 7.16. The highest BCUT2D eigenvalue weighted by atomic mass is 35.5. The Morgan fingerprint density at radius 1 is 1.69 bits per heavy atom. The lowest BCUT2D eigenvalue weighted by atomic mass is 10.4. The molecule has 0 unspecified atom stereocenters. The lowest BCUT2D eigenvalue weighted by Gasteiger charge is -2.00. The first-order valence-corrected chi connectivity index (χ1v) is 4.36. The van der Waals surface area contributed by atoms with Crippen molar-refractivity contribution in [1.29, 1.82) is 0 Å². The number of aromatic nitrogens is 2. The van der Waals surface area contributed by atoms with E-state index in [1.54, 1.807) is 6.92 Å². The first kappa shape index (κ1) is 9.92. The van der Waals surface area contributed by atoms with Crippen LogP contribution in [0.2, 0.25) is 0 Å². The fourth-order valence-corrected chi connectivity index (χ4v) is 0.911. The third-order valence-corrected chi connectivity index (χ3v) is 1.55. The Balaban J connectivity index is 2.82. The molecule has 70 valence electrons. The smallest absolute Gasteiger partial charge is 0.357 e. The zero-order chi connectivity index (χ0) is 9.68. The molecule has 0 amide bonds. The van der Waals surface area contributed by atoms with Crippen LogP contribution >= 0.6 is 11.6 Å². The summed E-state index contributed by atoms with van der Waals surface area (Å²) in [5.41, 5.74) is 0.243.